The number of nitrogens with one attached hydrogen (secondary N) is 1. The first kappa shape index (κ1) is 14.4. The molecule has 0 saturated heterocycles. The number of ether oxygens (including phenoxy) is 1. The molecule has 1 aromatic rings. The van der Waals surface area contributed by atoms with Crippen LogP contribution in [0.3, 0.4) is 0 Å². The van der Waals surface area contributed by atoms with Crippen LogP contribution in [0.15, 0.2) is 0 Å². The van der Waals surface area contributed by atoms with E-state index < -0.39 is 0 Å². The smallest absolute Gasteiger partial charge is 0.311 e. The Labute approximate surface area is 110 Å². The van der Waals surface area contributed by atoms with E-state index in [9.17, 15) is 9.59 Å². The molecule has 18 heavy (non-hydrogen) atoms. The fraction of sp³-hybridized carbons (Fsp3) is 0.545. The highest BCUT2D eigenvalue weighted by Crippen LogP contribution is 2.26. The summed E-state index contributed by atoms with van der Waals surface area (Å²) in [6.45, 7) is 5.62. The molecule has 1 rings (SSSR count). The number of esters is 1. The summed E-state index contributed by atoms with van der Waals surface area (Å²) in [7, 11) is 0. The van der Waals surface area contributed by atoms with Crippen LogP contribution >= 0.6 is 11.3 Å². The topological polar surface area (TPSA) is 94.3 Å². The minimum Gasteiger partial charge on any atom is -0.466 e. The zero-order chi connectivity index (χ0) is 13.7. The number of nitrogens with two attached hydrogens (primary N) is 1. The lowest BCUT2D eigenvalue weighted by atomic mass is 10.2. The third-order valence-electron chi connectivity index (χ3n) is 2.10. The second-order valence-corrected chi connectivity index (χ2v) is 4.99. The van der Waals surface area contributed by atoms with Crippen LogP contribution in [0.1, 0.15) is 26.5 Å². The normalized spacial score (nSPS) is 10.4. The number of carbonyl (C=O) groups is 2. The summed E-state index contributed by atoms with van der Waals surface area (Å²) in [5, 5.41) is 3.47. The lowest BCUT2D eigenvalue weighted by Gasteiger charge is -2.03. The van der Waals surface area contributed by atoms with E-state index in [2.05, 4.69) is 10.3 Å². The lowest BCUT2D eigenvalue weighted by molar-refractivity contribution is -0.142. The van der Waals surface area contributed by atoms with E-state index in [1.807, 2.05) is 0 Å². The minimum absolute atomic E-state index is 0.0215. The second kappa shape index (κ2) is 6.34. The summed E-state index contributed by atoms with van der Waals surface area (Å²) in [5.41, 5.74) is 6.18. The molecule has 0 aromatic carbocycles. The molecule has 7 heteroatoms. The van der Waals surface area contributed by atoms with Gasteiger partial charge in [0.25, 0.3) is 0 Å². The number of hydrogen-bond acceptors (Lipinski definition) is 6. The van der Waals surface area contributed by atoms with Crippen molar-refractivity contribution in [3.8, 4) is 0 Å². The van der Waals surface area contributed by atoms with Crippen LogP contribution in [0.2, 0.25) is 0 Å². The highest BCUT2D eigenvalue weighted by molar-refractivity contribution is 7.19. The average molecular weight is 271 g/mol. The molecule has 0 aliphatic rings. The van der Waals surface area contributed by atoms with Crippen LogP contribution in [-0.2, 0) is 20.7 Å². The number of amides is 1. The molecular formula is C11H17N3O3S. The third kappa shape index (κ3) is 3.99. The van der Waals surface area contributed by atoms with E-state index in [4.69, 9.17) is 10.5 Å². The van der Waals surface area contributed by atoms with Gasteiger partial charge < -0.3 is 15.8 Å². The third-order valence-corrected chi connectivity index (χ3v) is 2.94. The fourth-order valence-corrected chi connectivity index (χ4v) is 1.89. The number of hydrogen-bond donors (Lipinski definition) is 2. The Kier molecular flexibility index (Phi) is 5.08. The van der Waals surface area contributed by atoms with Gasteiger partial charge in [0.1, 0.15) is 5.00 Å². The highest BCUT2D eigenvalue weighted by atomic mass is 32.1. The molecule has 0 radical (unpaired) electrons. The molecule has 3 N–H and O–H groups in total. The van der Waals surface area contributed by atoms with E-state index in [1.165, 1.54) is 0 Å². The molecule has 0 aliphatic heterocycles. The number of nitrogen functional groups attached to an aromatic ring is 1. The Morgan fingerprint density at radius 1 is 1.50 bits per heavy atom. The molecule has 0 fully saturated rings. The van der Waals surface area contributed by atoms with Crippen LogP contribution in [-0.4, -0.2) is 23.5 Å². The van der Waals surface area contributed by atoms with Crippen LogP contribution < -0.4 is 11.1 Å². The maximum Gasteiger partial charge on any atom is 0.311 e. The molecule has 1 heterocycles. The van der Waals surface area contributed by atoms with Crippen molar-refractivity contribution >= 4 is 33.3 Å². The number of carbonyl (C=O) groups excluding carboxylic acids is 2. The van der Waals surface area contributed by atoms with Crippen LogP contribution in [0.25, 0.3) is 0 Å². The zero-order valence-electron chi connectivity index (χ0n) is 10.6. The van der Waals surface area contributed by atoms with Crippen molar-refractivity contribution in [1.82, 2.24) is 4.98 Å². The predicted molar refractivity (Wildman–Crippen MR) is 70.3 cm³/mol. The van der Waals surface area contributed by atoms with E-state index >= 15 is 0 Å². The van der Waals surface area contributed by atoms with Crippen molar-refractivity contribution in [2.45, 2.75) is 27.2 Å². The van der Waals surface area contributed by atoms with Crippen molar-refractivity contribution in [2.24, 2.45) is 5.92 Å². The van der Waals surface area contributed by atoms with Gasteiger partial charge in [0.2, 0.25) is 5.91 Å². The van der Waals surface area contributed by atoms with Crippen molar-refractivity contribution < 1.29 is 14.3 Å². The Morgan fingerprint density at radius 2 is 2.17 bits per heavy atom. The van der Waals surface area contributed by atoms with Crippen molar-refractivity contribution in [3.63, 3.8) is 0 Å². The van der Waals surface area contributed by atoms with Crippen molar-refractivity contribution in [2.75, 3.05) is 17.7 Å². The Morgan fingerprint density at radius 3 is 2.72 bits per heavy atom. The summed E-state index contributed by atoms with van der Waals surface area (Å²) in [6, 6.07) is 0. The van der Waals surface area contributed by atoms with Gasteiger partial charge in [-0.15, -0.1) is 0 Å². The first-order valence-electron chi connectivity index (χ1n) is 5.65. The highest BCUT2D eigenvalue weighted by Gasteiger charge is 2.15. The molecular weight excluding hydrogens is 254 g/mol. The molecule has 1 aromatic heterocycles. The maximum absolute atomic E-state index is 11.5. The van der Waals surface area contributed by atoms with Gasteiger partial charge in [-0.1, -0.05) is 25.2 Å². The van der Waals surface area contributed by atoms with Gasteiger partial charge in [0.05, 0.1) is 18.7 Å². The van der Waals surface area contributed by atoms with E-state index in [0.717, 1.165) is 11.3 Å². The molecule has 1 amide bonds. The van der Waals surface area contributed by atoms with E-state index in [0.29, 0.717) is 22.4 Å². The van der Waals surface area contributed by atoms with E-state index in [1.54, 1.807) is 20.8 Å². The molecule has 0 saturated carbocycles. The van der Waals surface area contributed by atoms with E-state index in [-0.39, 0.29) is 24.2 Å². The summed E-state index contributed by atoms with van der Waals surface area (Å²) >= 11 is 1.15. The zero-order valence-corrected chi connectivity index (χ0v) is 11.5. The first-order chi connectivity index (χ1) is 8.43. The molecule has 100 valence electrons. The Hall–Kier alpha value is -1.63. The quantitative estimate of drug-likeness (QED) is 0.790. The summed E-state index contributed by atoms with van der Waals surface area (Å²) in [4.78, 5) is 26.9. The molecule has 0 unspecified atom stereocenters. The van der Waals surface area contributed by atoms with Crippen molar-refractivity contribution in [1.29, 1.82) is 0 Å². The summed E-state index contributed by atoms with van der Waals surface area (Å²) < 4.78 is 4.81. The van der Waals surface area contributed by atoms with Crippen molar-refractivity contribution in [3.05, 3.63) is 5.69 Å². The number of nitrogens with zero attached hydrogens (tertiary/aromatic N) is 1. The van der Waals surface area contributed by atoms with Gasteiger partial charge in [-0.25, -0.2) is 4.98 Å². The molecule has 0 atom stereocenters. The SMILES string of the molecule is CCOC(=O)Cc1nc(NC(=O)C(C)C)sc1N. The van der Waals surface area contributed by atoms with Gasteiger partial charge in [0.15, 0.2) is 5.13 Å². The summed E-state index contributed by atoms with van der Waals surface area (Å²) in [6.07, 6.45) is 0.0215. The fourth-order valence-electron chi connectivity index (χ4n) is 1.14. The lowest BCUT2D eigenvalue weighted by Crippen LogP contribution is -2.17. The number of anilines is 2. The second-order valence-electron chi connectivity index (χ2n) is 3.96. The van der Waals surface area contributed by atoms with Crippen LogP contribution in [0.5, 0.6) is 0 Å². The van der Waals surface area contributed by atoms with Crippen LogP contribution in [0, 0.1) is 5.92 Å². The molecule has 0 bridgehead atoms. The first-order valence-corrected chi connectivity index (χ1v) is 6.47. The average Bonchev–Trinajstić information content (AvgIpc) is 2.59. The monoisotopic (exact) mass is 271 g/mol. The van der Waals surface area contributed by atoms with Gasteiger partial charge in [-0.2, -0.15) is 0 Å². The minimum atomic E-state index is -0.378. The standard InChI is InChI=1S/C11H17N3O3S/c1-4-17-8(15)5-7-9(12)18-11(13-7)14-10(16)6(2)3/h6H,4-5,12H2,1-3H3,(H,13,14,16). The number of aromatic nitrogens is 1. The van der Waals surface area contributed by atoms with Gasteiger partial charge in [-0.3, -0.25) is 9.59 Å². The molecule has 0 spiro atoms. The predicted octanol–water partition coefficient (Wildman–Crippen LogP) is 1.43. The Bertz CT molecular complexity index is 443. The molecule has 6 nitrogen and oxygen atoms in total. The maximum atomic E-state index is 11.5. The van der Waals surface area contributed by atoms with Crippen LogP contribution in [0.4, 0.5) is 10.1 Å². The van der Waals surface area contributed by atoms with Gasteiger partial charge in [-0.05, 0) is 6.92 Å². The Balaban J connectivity index is 2.70. The molecule has 0 aliphatic carbocycles. The summed E-state index contributed by atoms with van der Waals surface area (Å²) in [5.74, 6) is -0.647. The van der Waals surface area contributed by atoms with Gasteiger partial charge in [0, 0.05) is 5.92 Å². The largest absolute Gasteiger partial charge is 0.466 e. The van der Waals surface area contributed by atoms with Gasteiger partial charge >= 0.3 is 5.97 Å². The number of rotatable bonds is 5. The number of thiazole rings is 1.